The number of ether oxygens (including phenoxy) is 1. The minimum Gasteiger partial charge on any atom is -0.497 e. The highest BCUT2D eigenvalue weighted by Gasteiger charge is 2.50. The van der Waals surface area contributed by atoms with Crippen molar-refractivity contribution in [1.29, 1.82) is 5.26 Å². The summed E-state index contributed by atoms with van der Waals surface area (Å²) in [6.45, 7) is 0.277. The number of hydrogen-bond acceptors (Lipinski definition) is 6. The van der Waals surface area contributed by atoms with E-state index in [2.05, 4.69) is 21.7 Å². The number of benzene rings is 2. The fraction of sp³-hybridized carbons (Fsp3) is 0.160. The predicted octanol–water partition coefficient (Wildman–Crippen LogP) is 2.32. The summed E-state index contributed by atoms with van der Waals surface area (Å²) in [5.41, 5.74) is 2.41. The van der Waals surface area contributed by atoms with Crippen molar-refractivity contribution in [2.24, 2.45) is 0 Å². The topological polar surface area (TPSA) is 124 Å². The van der Waals surface area contributed by atoms with Crippen LogP contribution in [0.1, 0.15) is 27.0 Å². The molecule has 0 unspecified atom stereocenters. The van der Waals surface area contributed by atoms with Crippen molar-refractivity contribution in [2.45, 2.75) is 12.1 Å². The molecule has 1 saturated heterocycles. The van der Waals surface area contributed by atoms with Gasteiger partial charge >= 0.3 is 6.03 Å². The van der Waals surface area contributed by atoms with Crippen molar-refractivity contribution in [3.05, 3.63) is 83.2 Å². The summed E-state index contributed by atoms with van der Waals surface area (Å²) in [6.07, 6.45) is 3.12. The first-order valence-corrected chi connectivity index (χ1v) is 10.5. The van der Waals surface area contributed by atoms with E-state index in [-0.39, 0.29) is 12.5 Å². The highest BCUT2D eigenvalue weighted by atomic mass is 16.5. The minimum atomic E-state index is -1.44. The summed E-state index contributed by atoms with van der Waals surface area (Å²) in [6, 6.07) is 15.5. The van der Waals surface area contributed by atoms with Crippen molar-refractivity contribution < 1.29 is 19.1 Å². The fourth-order valence-electron chi connectivity index (χ4n) is 4.38. The quantitative estimate of drug-likeness (QED) is 0.572. The number of methoxy groups -OCH3 is 1. The van der Waals surface area contributed by atoms with Gasteiger partial charge in [-0.25, -0.2) is 4.79 Å². The molecule has 3 heterocycles. The summed E-state index contributed by atoms with van der Waals surface area (Å²) in [4.78, 5) is 43.9. The van der Waals surface area contributed by atoms with Crippen molar-refractivity contribution in [3.63, 3.8) is 0 Å². The standard InChI is InChI=1S/C25H19N5O4/c1-34-20-7-4-17-13-30(22(31)21(17)9-20)14-25(23(32)28-24(33)29-25)19-5-2-16(3-6-19)18-8-15(10-26)11-27-12-18/h2-9,11-12H,13-14H2,1H3,(H2,28,29,32,33)/t25-/m0/s1. The second-order valence-corrected chi connectivity index (χ2v) is 8.15. The molecule has 2 aliphatic rings. The molecule has 0 saturated carbocycles. The van der Waals surface area contributed by atoms with Gasteiger partial charge in [-0.3, -0.25) is 19.9 Å². The molecule has 1 atom stereocenters. The lowest BCUT2D eigenvalue weighted by Gasteiger charge is -2.31. The van der Waals surface area contributed by atoms with Gasteiger partial charge in [-0.05, 0) is 34.9 Å². The van der Waals surface area contributed by atoms with Gasteiger partial charge in [0.25, 0.3) is 11.8 Å². The normalized spacial score (nSPS) is 18.8. The number of nitrogens with zero attached hydrogens (tertiary/aromatic N) is 3. The third-order valence-electron chi connectivity index (χ3n) is 6.14. The van der Waals surface area contributed by atoms with Crippen LogP contribution in [0.2, 0.25) is 0 Å². The first-order chi connectivity index (χ1) is 16.4. The van der Waals surface area contributed by atoms with E-state index in [1.165, 1.54) is 13.3 Å². The smallest absolute Gasteiger partial charge is 0.322 e. The van der Waals surface area contributed by atoms with Gasteiger partial charge in [-0.15, -0.1) is 0 Å². The number of fused-ring (bicyclic) bond motifs is 1. The Labute approximate surface area is 195 Å². The second-order valence-electron chi connectivity index (χ2n) is 8.15. The Bertz CT molecular complexity index is 1380. The molecule has 4 amide bonds. The number of imide groups is 1. The van der Waals surface area contributed by atoms with Crippen LogP contribution in [-0.2, 0) is 16.9 Å². The zero-order valence-corrected chi connectivity index (χ0v) is 18.2. The van der Waals surface area contributed by atoms with Gasteiger partial charge in [0, 0.05) is 30.1 Å². The number of urea groups is 1. The molecule has 34 heavy (non-hydrogen) atoms. The van der Waals surface area contributed by atoms with Crippen LogP contribution in [0.4, 0.5) is 4.79 Å². The molecule has 2 aromatic carbocycles. The molecule has 3 aromatic rings. The number of rotatable bonds is 5. The number of nitrogens with one attached hydrogen (secondary N) is 2. The molecule has 0 spiro atoms. The highest BCUT2D eigenvalue weighted by Crippen LogP contribution is 2.33. The molecule has 0 aliphatic carbocycles. The summed E-state index contributed by atoms with van der Waals surface area (Å²) in [5.74, 6) is -0.195. The number of aromatic nitrogens is 1. The molecule has 0 radical (unpaired) electrons. The minimum absolute atomic E-state index is 0.0365. The lowest BCUT2D eigenvalue weighted by atomic mass is 9.88. The van der Waals surface area contributed by atoms with E-state index >= 15 is 0 Å². The zero-order chi connectivity index (χ0) is 23.9. The van der Waals surface area contributed by atoms with Gasteiger partial charge in [0.1, 0.15) is 11.8 Å². The Morgan fingerprint density at radius 3 is 2.56 bits per heavy atom. The van der Waals surface area contributed by atoms with E-state index in [0.717, 1.165) is 16.7 Å². The zero-order valence-electron chi connectivity index (χ0n) is 18.2. The van der Waals surface area contributed by atoms with Crippen LogP contribution in [0.3, 0.4) is 0 Å². The largest absolute Gasteiger partial charge is 0.497 e. The third kappa shape index (κ3) is 3.42. The van der Waals surface area contributed by atoms with Crippen LogP contribution in [0.15, 0.2) is 60.9 Å². The van der Waals surface area contributed by atoms with E-state index in [0.29, 0.717) is 29.0 Å². The molecule has 9 nitrogen and oxygen atoms in total. The van der Waals surface area contributed by atoms with Crippen molar-refractivity contribution in [3.8, 4) is 22.9 Å². The molecular formula is C25H19N5O4. The average Bonchev–Trinajstić information content (AvgIpc) is 3.33. The lowest BCUT2D eigenvalue weighted by molar-refractivity contribution is -0.124. The van der Waals surface area contributed by atoms with Gasteiger partial charge in [0.2, 0.25) is 0 Å². The van der Waals surface area contributed by atoms with Crippen LogP contribution in [0.25, 0.3) is 11.1 Å². The molecule has 1 aromatic heterocycles. The van der Waals surface area contributed by atoms with E-state index in [4.69, 9.17) is 10.00 Å². The fourth-order valence-corrected chi connectivity index (χ4v) is 4.38. The van der Waals surface area contributed by atoms with Gasteiger partial charge < -0.3 is 15.0 Å². The Balaban J connectivity index is 1.48. The summed E-state index contributed by atoms with van der Waals surface area (Å²) in [7, 11) is 1.53. The molecule has 2 N–H and O–H groups in total. The maximum Gasteiger partial charge on any atom is 0.322 e. The number of carbonyl (C=O) groups is 3. The van der Waals surface area contributed by atoms with E-state index in [1.54, 1.807) is 53.6 Å². The van der Waals surface area contributed by atoms with E-state index < -0.39 is 17.5 Å². The first kappa shape index (κ1) is 21.2. The monoisotopic (exact) mass is 453 g/mol. The van der Waals surface area contributed by atoms with Crippen LogP contribution in [0.5, 0.6) is 5.75 Å². The van der Waals surface area contributed by atoms with Crippen molar-refractivity contribution in [2.75, 3.05) is 13.7 Å². The number of amides is 4. The first-order valence-electron chi connectivity index (χ1n) is 10.5. The summed E-state index contributed by atoms with van der Waals surface area (Å²) in [5, 5.41) is 14.2. The number of nitriles is 1. The van der Waals surface area contributed by atoms with Crippen LogP contribution in [0, 0.1) is 11.3 Å². The van der Waals surface area contributed by atoms with Crippen LogP contribution in [-0.4, -0.2) is 41.4 Å². The van der Waals surface area contributed by atoms with Crippen molar-refractivity contribution in [1.82, 2.24) is 20.5 Å². The maximum absolute atomic E-state index is 13.1. The van der Waals surface area contributed by atoms with Crippen LogP contribution >= 0.6 is 0 Å². The maximum atomic E-state index is 13.1. The molecule has 168 valence electrons. The molecule has 2 aliphatic heterocycles. The van der Waals surface area contributed by atoms with E-state index in [9.17, 15) is 14.4 Å². The lowest BCUT2D eigenvalue weighted by Crippen LogP contribution is -2.52. The summed E-state index contributed by atoms with van der Waals surface area (Å²) < 4.78 is 5.22. The van der Waals surface area contributed by atoms with E-state index in [1.807, 2.05) is 6.07 Å². The Hall–Kier alpha value is -4.71. The van der Waals surface area contributed by atoms with Crippen LogP contribution < -0.4 is 15.4 Å². The third-order valence-corrected chi connectivity index (χ3v) is 6.14. The molecule has 5 rings (SSSR count). The van der Waals surface area contributed by atoms with Gasteiger partial charge in [-0.1, -0.05) is 30.3 Å². The second kappa shape index (κ2) is 8.01. The average molecular weight is 453 g/mol. The van der Waals surface area contributed by atoms with Crippen molar-refractivity contribution >= 4 is 17.8 Å². The number of hydrogen-bond donors (Lipinski definition) is 2. The Morgan fingerprint density at radius 2 is 1.88 bits per heavy atom. The SMILES string of the molecule is COc1ccc2c(c1)C(=O)N(C[C@@]1(c3ccc(-c4cncc(C#N)c4)cc3)NC(=O)NC1=O)C2. The van der Waals surface area contributed by atoms with Gasteiger partial charge in [0.15, 0.2) is 5.54 Å². The van der Waals surface area contributed by atoms with Gasteiger partial charge in [0.05, 0.1) is 19.2 Å². The number of pyridine rings is 1. The molecule has 0 bridgehead atoms. The highest BCUT2D eigenvalue weighted by molar-refractivity contribution is 6.08. The summed E-state index contributed by atoms with van der Waals surface area (Å²) >= 11 is 0. The van der Waals surface area contributed by atoms with Gasteiger partial charge in [-0.2, -0.15) is 5.26 Å². The number of carbonyl (C=O) groups excluding carboxylic acids is 3. The Morgan fingerprint density at radius 1 is 1.09 bits per heavy atom. The molecular weight excluding hydrogens is 434 g/mol. The molecule has 1 fully saturated rings. The predicted molar refractivity (Wildman–Crippen MR) is 120 cm³/mol. The molecule has 9 heteroatoms. The Kier molecular flexibility index (Phi) is 4.98.